The maximum absolute atomic E-state index is 6.36. The first kappa shape index (κ1) is 33.1. The molecule has 0 radical (unpaired) electrons. The molecule has 0 unspecified atom stereocenters. The van der Waals surface area contributed by atoms with Crippen molar-refractivity contribution in [3.8, 4) is 11.5 Å². The van der Waals surface area contributed by atoms with Crippen molar-refractivity contribution in [2.45, 2.75) is 40.2 Å². The van der Waals surface area contributed by atoms with Crippen LogP contribution in [0.15, 0.2) is 59.7 Å². The standard InChI is InChI=1S/C32H35Cl2N7O2.ClH/c1-20-13-15-41(16-14-20)32-38-30(36-27-9-5-7-21(2)22(27)3)37-31(39-32)40-35-18-23-8-6-10-28(42-4)29(23)43-19-24-11-12-25(33)17-26(24)34;/h5-12,17-18,20H,13-16,19H2,1-4H3,(H2,36,37,38,39,40);1H. The van der Waals surface area contributed by atoms with Gasteiger partial charge in [0.05, 0.1) is 13.3 Å². The minimum Gasteiger partial charge on any atom is -0.493 e. The average molecular weight is 657 g/mol. The number of halogens is 3. The van der Waals surface area contributed by atoms with E-state index in [2.05, 4.69) is 52.6 Å². The van der Waals surface area contributed by atoms with Crippen LogP contribution in [0.4, 0.5) is 23.5 Å². The van der Waals surface area contributed by atoms with E-state index in [0.717, 1.165) is 42.7 Å². The van der Waals surface area contributed by atoms with Crippen molar-refractivity contribution in [3.05, 3.63) is 86.9 Å². The summed E-state index contributed by atoms with van der Waals surface area (Å²) in [6.07, 6.45) is 3.82. The lowest BCUT2D eigenvalue weighted by atomic mass is 10.00. The average Bonchev–Trinajstić information content (AvgIpc) is 2.99. The van der Waals surface area contributed by atoms with Crippen LogP contribution in [0.3, 0.4) is 0 Å². The number of nitrogens with zero attached hydrogens (tertiary/aromatic N) is 5. The van der Waals surface area contributed by atoms with Crippen LogP contribution in [0.1, 0.15) is 42.0 Å². The molecule has 0 atom stereocenters. The molecule has 1 aliphatic rings. The topological polar surface area (TPSA) is 96.8 Å². The number of hydrogen-bond donors (Lipinski definition) is 2. The van der Waals surface area contributed by atoms with Crippen molar-refractivity contribution < 1.29 is 9.47 Å². The van der Waals surface area contributed by atoms with Crippen molar-refractivity contribution in [3.63, 3.8) is 0 Å². The van der Waals surface area contributed by atoms with Gasteiger partial charge in [-0.3, -0.25) is 0 Å². The number of benzene rings is 3. The third-order valence-electron chi connectivity index (χ3n) is 7.53. The molecule has 0 bridgehead atoms. The lowest BCUT2D eigenvalue weighted by Gasteiger charge is -2.30. The summed E-state index contributed by atoms with van der Waals surface area (Å²) in [5.74, 6) is 3.15. The zero-order valence-electron chi connectivity index (χ0n) is 25.1. The maximum atomic E-state index is 6.36. The van der Waals surface area contributed by atoms with Crippen molar-refractivity contribution >= 4 is 65.4 Å². The molecular weight excluding hydrogens is 621 g/mol. The largest absolute Gasteiger partial charge is 0.493 e. The molecule has 0 saturated carbocycles. The minimum atomic E-state index is 0. The Morgan fingerprint density at radius 1 is 1.00 bits per heavy atom. The Bertz CT molecular complexity index is 1610. The van der Waals surface area contributed by atoms with E-state index in [1.165, 1.54) is 5.56 Å². The number of nitrogens with one attached hydrogen (secondary N) is 2. The molecule has 9 nitrogen and oxygen atoms in total. The first-order chi connectivity index (χ1) is 20.8. The molecule has 3 aromatic carbocycles. The Labute approximate surface area is 274 Å². The van der Waals surface area contributed by atoms with Crippen molar-refractivity contribution in [1.29, 1.82) is 0 Å². The molecule has 1 aliphatic heterocycles. The van der Waals surface area contributed by atoms with Crippen LogP contribution in [0, 0.1) is 19.8 Å². The van der Waals surface area contributed by atoms with Crippen molar-refractivity contribution in [2.24, 2.45) is 11.0 Å². The van der Waals surface area contributed by atoms with Gasteiger partial charge < -0.3 is 19.7 Å². The number of para-hydroxylation sites is 1. The molecule has 232 valence electrons. The fraction of sp³-hybridized carbons (Fsp3) is 0.312. The Morgan fingerprint density at radius 2 is 1.75 bits per heavy atom. The smallest absolute Gasteiger partial charge is 0.250 e. The van der Waals surface area contributed by atoms with Gasteiger partial charge in [0, 0.05) is 39.9 Å². The zero-order chi connectivity index (χ0) is 30.3. The second-order valence-electron chi connectivity index (χ2n) is 10.6. The summed E-state index contributed by atoms with van der Waals surface area (Å²) in [7, 11) is 1.59. The molecule has 0 amide bonds. The summed E-state index contributed by atoms with van der Waals surface area (Å²) < 4.78 is 11.7. The molecule has 0 aliphatic carbocycles. The molecule has 12 heteroatoms. The van der Waals surface area contributed by atoms with Gasteiger partial charge >= 0.3 is 0 Å². The molecule has 2 N–H and O–H groups in total. The fourth-order valence-corrected chi connectivity index (χ4v) is 5.19. The quantitative estimate of drug-likeness (QED) is 0.130. The molecular formula is C32H36Cl3N7O2. The van der Waals surface area contributed by atoms with E-state index in [1.807, 2.05) is 36.4 Å². The number of piperidine rings is 1. The third kappa shape index (κ3) is 8.22. The Hall–Kier alpha value is -3.79. The number of aromatic nitrogens is 3. The van der Waals surface area contributed by atoms with Crippen LogP contribution >= 0.6 is 35.6 Å². The second kappa shape index (κ2) is 15.3. The number of methoxy groups -OCH3 is 1. The van der Waals surface area contributed by atoms with Gasteiger partial charge in [0.1, 0.15) is 6.61 Å². The SMILES string of the molecule is COc1cccc(C=NNc2nc(Nc3cccc(C)c3C)nc(N3CCC(C)CC3)n2)c1OCc1ccc(Cl)cc1Cl.Cl. The number of hydrogen-bond acceptors (Lipinski definition) is 9. The van der Waals surface area contributed by atoms with Crippen molar-refractivity contribution in [1.82, 2.24) is 15.0 Å². The van der Waals surface area contributed by atoms with Gasteiger partial charge in [-0.05, 0) is 74.1 Å². The highest BCUT2D eigenvalue weighted by atomic mass is 35.5. The van der Waals surface area contributed by atoms with Crippen LogP contribution in [0.2, 0.25) is 10.0 Å². The highest BCUT2D eigenvalue weighted by molar-refractivity contribution is 6.35. The lowest BCUT2D eigenvalue weighted by Crippen LogP contribution is -2.34. The van der Waals surface area contributed by atoms with Crippen LogP contribution in [-0.4, -0.2) is 41.4 Å². The van der Waals surface area contributed by atoms with Gasteiger partial charge in [-0.2, -0.15) is 20.1 Å². The molecule has 1 saturated heterocycles. The fourth-order valence-electron chi connectivity index (χ4n) is 4.73. The number of hydrazone groups is 1. The highest BCUT2D eigenvalue weighted by Crippen LogP contribution is 2.32. The zero-order valence-corrected chi connectivity index (χ0v) is 27.4. The maximum Gasteiger partial charge on any atom is 0.250 e. The Morgan fingerprint density at radius 3 is 2.50 bits per heavy atom. The molecule has 4 aromatic rings. The molecule has 0 spiro atoms. The Kier molecular flexibility index (Phi) is 11.5. The Balaban J connectivity index is 0.00000442. The monoisotopic (exact) mass is 655 g/mol. The van der Waals surface area contributed by atoms with E-state index >= 15 is 0 Å². The first-order valence-corrected chi connectivity index (χ1v) is 14.9. The predicted molar refractivity (Wildman–Crippen MR) is 182 cm³/mol. The van der Waals surface area contributed by atoms with Gasteiger partial charge in [-0.25, -0.2) is 5.43 Å². The molecule has 2 heterocycles. The summed E-state index contributed by atoms with van der Waals surface area (Å²) in [6.45, 7) is 8.43. The highest BCUT2D eigenvalue weighted by Gasteiger charge is 2.20. The van der Waals surface area contributed by atoms with Crippen LogP contribution in [-0.2, 0) is 6.61 Å². The van der Waals surface area contributed by atoms with Gasteiger partial charge in [0.2, 0.25) is 17.8 Å². The van der Waals surface area contributed by atoms with E-state index in [9.17, 15) is 0 Å². The van der Waals surface area contributed by atoms with Crippen LogP contribution in [0.5, 0.6) is 11.5 Å². The second-order valence-corrected chi connectivity index (χ2v) is 11.4. The molecule has 1 fully saturated rings. The van der Waals surface area contributed by atoms with Gasteiger partial charge in [-0.1, -0.05) is 54.4 Å². The van der Waals surface area contributed by atoms with E-state index in [4.69, 9.17) is 42.6 Å². The van der Waals surface area contributed by atoms with Gasteiger partial charge in [0.25, 0.3) is 0 Å². The number of rotatable bonds is 10. The van der Waals surface area contributed by atoms with Crippen LogP contribution in [0.25, 0.3) is 0 Å². The molecule has 44 heavy (non-hydrogen) atoms. The summed E-state index contributed by atoms with van der Waals surface area (Å²) in [6, 6.07) is 17.0. The number of aryl methyl sites for hydroxylation is 1. The summed E-state index contributed by atoms with van der Waals surface area (Å²) >= 11 is 12.4. The summed E-state index contributed by atoms with van der Waals surface area (Å²) in [5.41, 5.74) is 7.75. The summed E-state index contributed by atoms with van der Waals surface area (Å²) in [5, 5.41) is 8.92. The minimum absolute atomic E-state index is 0. The first-order valence-electron chi connectivity index (χ1n) is 14.2. The number of anilines is 4. The lowest BCUT2D eigenvalue weighted by molar-refractivity contribution is 0.284. The summed E-state index contributed by atoms with van der Waals surface area (Å²) in [4.78, 5) is 16.3. The predicted octanol–water partition coefficient (Wildman–Crippen LogP) is 8.23. The van der Waals surface area contributed by atoms with Crippen LogP contribution < -0.4 is 25.1 Å². The normalized spacial score (nSPS) is 13.5. The van der Waals surface area contributed by atoms with E-state index in [-0.39, 0.29) is 19.0 Å². The van der Waals surface area contributed by atoms with E-state index in [1.54, 1.807) is 25.5 Å². The van der Waals surface area contributed by atoms with E-state index < -0.39 is 0 Å². The van der Waals surface area contributed by atoms with Crippen molar-refractivity contribution in [2.75, 3.05) is 35.8 Å². The molecule has 5 rings (SSSR count). The van der Waals surface area contributed by atoms with Gasteiger partial charge in [0.15, 0.2) is 11.5 Å². The number of ether oxygens (including phenoxy) is 2. The third-order valence-corrected chi connectivity index (χ3v) is 8.11. The van der Waals surface area contributed by atoms with Gasteiger partial charge in [-0.15, -0.1) is 12.4 Å². The van der Waals surface area contributed by atoms with E-state index in [0.29, 0.717) is 50.9 Å². The molecule has 1 aromatic heterocycles.